The van der Waals surface area contributed by atoms with Crippen molar-refractivity contribution in [2.45, 2.75) is 6.54 Å². The third kappa shape index (κ3) is 3.23. The Balaban J connectivity index is 1.80. The maximum atomic E-state index is 10.2. The van der Waals surface area contributed by atoms with Crippen LogP contribution in [0.2, 0.25) is 0 Å². The number of nitrogens with zero attached hydrogens (tertiary/aromatic N) is 2. The van der Waals surface area contributed by atoms with Crippen LogP contribution in [0.25, 0.3) is 11.3 Å². The molecule has 0 amide bonds. The van der Waals surface area contributed by atoms with E-state index in [4.69, 9.17) is 4.74 Å². The molecule has 2 N–H and O–H groups in total. The normalized spacial score (nSPS) is 10.6. The molecule has 6 heteroatoms. The molecule has 3 aromatic rings. The first-order valence-electron chi connectivity index (χ1n) is 7.46. The van der Waals surface area contributed by atoms with Crippen molar-refractivity contribution in [3.63, 3.8) is 0 Å². The largest absolute Gasteiger partial charge is 0.504 e. The second-order valence-electron chi connectivity index (χ2n) is 5.36. The molecule has 0 aliphatic rings. The van der Waals surface area contributed by atoms with Crippen LogP contribution in [0.15, 0.2) is 53.1 Å². The summed E-state index contributed by atoms with van der Waals surface area (Å²) < 4.78 is 8.14. The van der Waals surface area contributed by atoms with Crippen molar-refractivity contribution < 1.29 is 9.84 Å². The number of aromatic nitrogens is 2. The molecule has 0 radical (unpaired) electrons. The van der Waals surface area contributed by atoms with Gasteiger partial charge in [-0.1, -0.05) is 40.2 Å². The molecule has 1 aromatic heterocycles. The lowest BCUT2D eigenvalue weighted by atomic mass is 10.2. The summed E-state index contributed by atoms with van der Waals surface area (Å²) in [5, 5.41) is 13.4. The molecule has 0 aliphatic heterocycles. The fourth-order valence-corrected chi connectivity index (χ4v) is 2.94. The van der Waals surface area contributed by atoms with E-state index in [0.29, 0.717) is 12.3 Å². The molecular formula is C18H18BrN3O2. The zero-order valence-corrected chi connectivity index (χ0v) is 15.0. The lowest BCUT2D eigenvalue weighted by molar-refractivity contribution is 0.371. The third-order valence-electron chi connectivity index (χ3n) is 3.85. The summed E-state index contributed by atoms with van der Waals surface area (Å²) in [5.41, 5.74) is 2.84. The van der Waals surface area contributed by atoms with Crippen molar-refractivity contribution in [1.82, 2.24) is 9.55 Å². The van der Waals surface area contributed by atoms with Crippen LogP contribution >= 0.6 is 15.9 Å². The lowest BCUT2D eigenvalue weighted by Gasteiger charge is -2.11. The van der Waals surface area contributed by atoms with Crippen LogP contribution in [0.1, 0.15) is 5.56 Å². The number of phenolic OH excluding ortho intramolecular Hbond substituents is 1. The first-order chi connectivity index (χ1) is 11.6. The molecule has 0 saturated carbocycles. The van der Waals surface area contributed by atoms with Gasteiger partial charge < -0.3 is 19.7 Å². The van der Waals surface area contributed by atoms with E-state index >= 15 is 0 Å². The van der Waals surface area contributed by atoms with Gasteiger partial charge in [0.25, 0.3) is 0 Å². The minimum Gasteiger partial charge on any atom is -0.504 e. The number of aromatic hydroxyl groups is 1. The van der Waals surface area contributed by atoms with Gasteiger partial charge in [-0.05, 0) is 18.2 Å². The van der Waals surface area contributed by atoms with Crippen molar-refractivity contribution in [3.05, 3.63) is 58.7 Å². The predicted octanol–water partition coefficient (Wildman–Crippen LogP) is 4.18. The van der Waals surface area contributed by atoms with E-state index in [1.807, 2.05) is 48.1 Å². The SMILES string of the molecule is COc1cccc(CNc2ncc(-c3cccc(Br)c3)n2C)c1O. The number of hydrogen-bond donors (Lipinski definition) is 2. The zero-order chi connectivity index (χ0) is 17.1. The van der Waals surface area contributed by atoms with Gasteiger partial charge in [0.05, 0.1) is 19.0 Å². The van der Waals surface area contributed by atoms with Gasteiger partial charge in [0.2, 0.25) is 5.95 Å². The first-order valence-corrected chi connectivity index (χ1v) is 8.26. The van der Waals surface area contributed by atoms with Crippen molar-refractivity contribution in [3.8, 4) is 22.8 Å². The molecule has 5 nitrogen and oxygen atoms in total. The Morgan fingerprint density at radius 1 is 1.25 bits per heavy atom. The topological polar surface area (TPSA) is 59.3 Å². The highest BCUT2D eigenvalue weighted by Gasteiger charge is 2.11. The van der Waals surface area contributed by atoms with Crippen LogP contribution in [-0.2, 0) is 13.6 Å². The number of rotatable bonds is 5. The fourth-order valence-electron chi connectivity index (χ4n) is 2.54. The van der Waals surface area contributed by atoms with Gasteiger partial charge in [-0.15, -0.1) is 0 Å². The van der Waals surface area contributed by atoms with Crippen LogP contribution in [0.3, 0.4) is 0 Å². The summed E-state index contributed by atoms with van der Waals surface area (Å²) in [6.45, 7) is 0.450. The average molecular weight is 388 g/mol. The Morgan fingerprint density at radius 3 is 2.79 bits per heavy atom. The Morgan fingerprint density at radius 2 is 2.04 bits per heavy atom. The number of nitrogens with one attached hydrogen (secondary N) is 1. The second-order valence-corrected chi connectivity index (χ2v) is 6.27. The summed E-state index contributed by atoms with van der Waals surface area (Å²) in [5.74, 6) is 1.34. The lowest BCUT2D eigenvalue weighted by Crippen LogP contribution is -2.06. The molecule has 24 heavy (non-hydrogen) atoms. The highest BCUT2D eigenvalue weighted by atomic mass is 79.9. The number of ether oxygens (including phenoxy) is 1. The molecule has 0 unspecified atom stereocenters. The maximum Gasteiger partial charge on any atom is 0.203 e. The number of imidazole rings is 1. The molecule has 3 rings (SSSR count). The summed E-state index contributed by atoms with van der Waals surface area (Å²) in [6.07, 6.45) is 1.83. The Labute approximate surface area is 149 Å². The molecule has 2 aromatic carbocycles. The van der Waals surface area contributed by atoms with Gasteiger partial charge in [-0.25, -0.2) is 4.98 Å². The van der Waals surface area contributed by atoms with E-state index in [1.54, 1.807) is 6.07 Å². The van der Waals surface area contributed by atoms with Crippen molar-refractivity contribution in [1.29, 1.82) is 0 Å². The summed E-state index contributed by atoms with van der Waals surface area (Å²) >= 11 is 3.49. The Hall–Kier alpha value is -2.47. The van der Waals surface area contributed by atoms with E-state index in [9.17, 15) is 5.11 Å². The number of methoxy groups -OCH3 is 1. The highest BCUT2D eigenvalue weighted by molar-refractivity contribution is 9.10. The van der Waals surface area contributed by atoms with Crippen molar-refractivity contribution in [2.24, 2.45) is 7.05 Å². The Bertz CT molecular complexity index is 861. The molecule has 124 valence electrons. The van der Waals surface area contributed by atoms with Crippen LogP contribution < -0.4 is 10.1 Å². The molecule has 0 spiro atoms. The molecule has 0 saturated heterocycles. The minimum absolute atomic E-state index is 0.147. The van der Waals surface area contributed by atoms with Crippen LogP contribution in [0.5, 0.6) is 11.5 Å². The zero-order valence-electron chi connectivity index (χ0n) is 13.5. The molecule has 0 bridgehead atoms. The van der Waals surface area contributed by atoms with Crippen molar-refractivity contribution >= 4 is 21.9 Å². The van der Waals surface area contributed by atoms with Gasteiger partial charge in [-0.3, -0.25) is 0 Å². The summed E-state index contributed by atoms with van der Waals surface area (Å²) in [7, 11) is 3.49. The van der Waals surface area contributed by atoms with E-state index in [0.717, 1.165) is 27.2 Å². The smallest absolute Gasteiger partial charge is 0.203 e. The number of hydrogen-bond acceptors (Lipinski definition) is 4. The highest BCUT2D eigenvalue weighted by Crippen LogP contribution is 2.30. The number of para-hydroxylation sites is 1. The predicted molar refractivity (Wildman–Crippen MR) is 98.3 cm³/mol. The number of benzene rings is 2. The fraction of sp³-hybridized carbons (Fsp3) is 0.167. The monoisotopic (exact) mass is 387 g/mol. The maximum absolute atomic E-state index is 10.2. The van der Waals surface area contributed by atoms with Gasteiger partial charge in [0.1, 0.15) is 0 Å². The van der Waals surface area contributed by atoms with Gasteiger partial charge in [0.15, 0.2) is 11.5 Å². The van der Waals surface area contributed by atoms with E-state index in [2.05, 4.69) is 32.3 Å². The van der Waals surface area contributed by atoms with Crippen LogP contribution in [0, 0.1) is 0 Å². The summed E-state index contributed by atoms with van der Waals surface area (Å²) in [6, 6.07) is 13.5. The van der Waals surface area contributed by atoms with Gasteiger partial charge >= 0.3 is 0 Å². The summed E-state index contributed by atoms with van der Waals surface area (Å²) in [4.78, 5) is 4.43. The minimum atomic E-state index is 0.147. The van der Waals surface area contributed by atoms with Gasteiger partial charge in [0, 0.05) is 29.2 Å². The van der Waals surface area contributed by atoms with Crippen LogP contribution in [-0.4, -0.2) is 21.8 Å². The molecule has 0 atom stereocenters. The van der Waals surface area contributed by atoms with E-state index in [-0.39, 0.29) is 5.75 Å². The number of anilines is 1. The molecule has 1 heterocycles. The number of phenols is 1. The molecule has 0 fully saturated rings. The second kappa shape index (κ2) is 6.97. The quantitative estimate of drug-likeness (QED) is 0.689. The first kappa shape index (κ1) is 16.4. The molecule has 0 aliphatic carbocycles. The van der Waals surface area contributed by atoms with Crippen molar-refractivity contribution in [2.75, 3.05) is 12.4 Å². The van der Waals surface area contributed by atoms with Crippen LogP contribution in [0.4, 0.5) is 5.95 Å². The third-order valence-corrected chi connectivity index (χ3v) is 4.34. The average Bonchev–Trinajstić information content (AvgIpc) is 2.95. The molecular weight excluding hydrogens is 370 g/mol. The standard InChI is InChI=1S/C18H18BrN3O2/c1-22-15(12-5-3-7-14(19)9-12)11-21-18(22)20-10-13-6-4-8-16(24-2)17(13)23/h3-9,11,23H,10H2,1-2H3,(H,20,21). The van der Waals surface area contributed by atoms with E-state index in [1.165, 1.54) is 7.11 Å². The van der Waals surface area contributed by atoms with Gasteiger partial charge in [-0.2, -0.15) is 0 Å². The van der Waals surface area contributed by atoms with E-state index < -0.39 is 0 Å². The number of halogens is 1. The Kier molecular flexibility index (Phi) is 4.76.